The summed E-state index contributed by atoms with van der Waals surface area (Å²) in [5.74, 6) is -2.64. The Morgan fingerprint density at radius 2 is 1.94 bits per heavy atom. The van der Waals surface area contributed by atoms with Gasteiger partial charge in [-0.15, -0.1) is 0 Å². The van der Waals surface area contributed by atoms with Crippen LogP contribution in [0.2, 0.25) is 0 Å². The number of fused-ring (bicyclic) bond motifs is 1. The number of aromatic hydroxyl groups is 2. The van der Waals surface area contributed by atoms with Crippen molar-refractivity contribution in [3.63, 3.8) is 0 Å². The van der Waals surface area contributed by atoms with Gasteiger partial charge in [-0.3, -0.25) is 19.5 Å². The molecule has 31 heavy (non-hydrogen) atoms. The fraction of sp³-hybridized carbons (Fsp3) is 0.450. The largest absolute Gasteiger partial charge is 0.494 e. The van der Waals surface area contributed by atoms with Crippen LogP contribution >= 0.6 is 0 Å². The molecule has 1 fully saturated rings. The molecule has 2 amide bonds. The highest BCUT2D eigenvalue weighted by molar-refractivity contribution is 6.04. The average molecular weight is 435 g/mol. The number of nitrogens with zero attached hydrogens (tertiary/aromatic N) is 1. The van der Waals surface area contributed by atoms with E-state index in [2.05, 4.69) is 10.6 Å². The van der Waals surface area contributed by atoms with Crippen molar-refractivity contribution in [2.45, 2.75) is 45.1 Å². The minimum Gasteiger partial charge on any atom is -0.494 e. The number of piperidine rings is 1. The van der Waals surface area contributed by atoms with Crippen molar-refractivity contribution in [1.29, 1.82) is 0 Å². The first-order valence-corrected chi connectivity index (χ1v) is 9.81. The summed E-state index contributed by atoms with van der Waals surface area (Å²) in [6.45, 7) is 3.36. The lowest BCUT2D eigenvalue weighted by atomic mass is 10.1. The van der Waals surface area contributed by atoms with Crippen molar-refractivity contribution in [1.82, 2.24) is 9.88 Å². The number of benzene rings is 1. The number of anilines is 1. The molecule has 1 aromatic carbocycles. The van der Waals surface area contributed by atoms with E-state index in [1.54, 1.807) is 25.1 Å². The zero-order valence-electron chi connectivity index (χ0n) is 17.1. The highest BCUT2D eigenvalue weighted by Gasteiger charge is 2.33. The number of carbonyl (C=O) groups is 3. The molecule has 3 atom stereocenters. The standard InChI is InChI=1S/C20H25N3O8/c1-10(20(28)29)30-8-9-31-11(2)21-13-5-3-4-12-16(13)19(27)23(18(12)26)14-6-7-15(24)22-17(14)25/h3-5,10-11,14,21,26-27H,6-9H2,1-2H3,(H,28,29)(H,22,24,25). The minimum atomic E-state index is -1.06. The molecule has 1 aliphatic rings. The molecule has 11 nitrogen and oxygen atoms in total. The summed E-state index contributed by atoms with van der Waals surface area (Å²) in [5.41, 5.74) is 0.462. The molecule has 5 N–H and O–H groups in total. The van der Waals surface area contributed by atoms with Gasteiger partial charge in [0.1, 0.15) is 12.3 Å². The Kier molecular flexibility index (Phi) is 6.66. The summed E-state index contributed by atoms with van der Waals surface area (Å²) in [5, 5.41) is 36.2. The first-order valence-electron chi connectivity index (χ1n) is 9.81. The Bertz CT molecular complexity index is 1000. The van der Waals surface area contributed by atoms with Crippen LogP contribution in [0, 0.1) is 0 Å². The van der Waals surface area contributed by atoms with E-state index in [-0.39, 0.29) is 37.8 Å². The Balaban J connectivity index is 1.76. The van der Waals surface area contributed by atoms with E-state index in [4.69, 9.17) is 14.6 Å². The van der Waals surface area contributed by atoms with Gasteiger partial charge in [0.05, 0.1) is 18.6 Å². The number of rotatable bonds is 9. The maximum Gasteiger partial charge on any atom is 0.332 e. The molecule has 3 unspecified atom stereocenters. The molecule has 1 aliphatic heterocycles. The molecule has 168 valence electrons. The Morgan fingerprint density at radius 1 is 1.23 bits per heavy atom. The second kappa shape index (κ2) is 9.23. The maximum atomic E-state index is 12.2. The third-order valence-corrected chi connectivity index (χ3v) is 5.03. The number of nitrogens with one attached hydrogen (secondary N) is 2. The van der Waals surface area contributed by atoms with Crippen LogP contribution in [-0.2, 0) is 23.9 Å². The van der Waals surface area contributed by atoms with E-state index in [9.17, 15) is 24.6 Å². The van der Waals surface area contributed by atoms with Crippen molar-refractivity contribution in [3.8, 4) is 11.8 Å². The summed E-state index contributed by atoms with van der Waals surface area (Å²) >= 11 is 0. The monoisotopic (exact) mass is 435 g/mol. The third kappa shape index (κ3) is 4.72. The Morgan fingerprint density at radius 3 is 2.61 bits per heavy atom. The first kappa shape index (κ1) is 22.4. The predicted octanol–water partition coefficient (Wildman–Crippen LogP) is 1.29. The number of carboxylic acid groups (broad SMARTS) is 1. The molecule has 0 saturated carbocycles. The lowest BCUT2D eigenvalue weighted by Gasteiger charge is -2.23. The molecular formula is C20H25N3O8. The third-order valence-electron chi connectivity index (χ3n) is 5.03. The first-order chi connectivity index (χ1) is 14.7. The number of aromatic nitrogens is 1. The van der Waals surface area contributed by atoms with Gasteiger partial charge in [0, 0.05) is 17.5 Å². The smallest absolute Gasteiger partial charge is 0.332 e. The molecule has 11 heteroatoms. The van der Waals surface area contributed by atoms with Crippen molar-refractivity contribution in [3.05, 3.63) is 18.2 Å². The second-order valence-corrected chi connectivity index (χ2v) is 7.22. The van der Waals surface area contributed by atoms with Gasteiger partial charge in [-0.1, -0.05) is 6.07 Å². The van der Waals surface area contributed by atoms with Crippen LogP contribution in [0.4, 0.5) is 5.69 Å². The molecule has 2 heterocycles. The van der Waals surface area contributed by atoms with Crippen molar-refractivity contribution in [2.24, 2.45) is 0 Å². The SMILES string of the molecule is CC(Nc1cccc2c(O)n(C3CCC(=O)NC3=O)c(O)c12)OCCOC(C)C(=O)O. The fourth-order valence-electron chi connectivity index (χ4n) is 3.46. The number of ether oxygens (including phenoxy) is 2. The van der Waals surface area contributed by atoms with E-state index in [0.29, 0.717) is 16.5 Å². The normalized spacial score (nSPS) is 18.6. The molecule has 2 aromatic rings. The number of carbonyl (C=O) groups excluding carboxylic acids is 2. The zero-order valence-corrected chi connectivity index (χ0v) is 17.1. The summed E-state index contributed by atoms with van der Waals surface area (Å²) in [7, 11) is 0. The van der Waals surface area contributed by atoms with Gasteiger partial charge in [-0.05, 0) is 32.4 Å². The van der Waals surface area contributed by atoms with E-state index in [1.165, 1.54) is 6.92 Å². The quantitative estimate of drug-likeness (QED) is 0.222. The van der Waals surface area contributed by atoms with E-state index < -0.39 is 36.2 Å². The van der Waals surface area contributed by atoms with E-state index in [1.807, 2.05) is 0 Å². The predicted molar refractivity (Wildman–Crippen MR) is 109 cm³/mol. The molecule has 0 bridgehead atoms. The molecule has 0 aliphatic carbocycles. The van der Waals surface area contributed by atoms with Gasteiger partial charge in [0.2, 0.25) is 23.6 Å². The lowest BCUT2D eigenvalue weighted by molar-refractivity contribution is -0.150. The number of imide groups is 1. The summed E-state index contributed by atoms with van der Waals surface area (Å²) in [6.07, 6.45) is -1.21. The molecule has 1 aromatic heterocycles. The van der Waals surface area contributed by atoms with Crippen LogP contribution in [0.15, 0.2) is 18.2 Å². The van der Waals surface area contributed by atoms with Gasteiger partial charge >= 0.3 is 5.97 Å². The zero-order chi connectivity index (χ0) is 22.7. The fourth-order valence-corrected chi connectivity index (χ4v) is 3.46. The number of carboxylic acids is 1. The van der Waals surface area contributed by atoms with Gasteiger partial charge in [-0.2, -0.15) is 0 Å². The molecule has 0 radical (unpaired) electrons. The van der Waals surface area contributed by atoms with Crippen LogP contribution < -0.4 is 10.6 Å². The van der Waals surface area contributed by atoms with Crippen LogP contribution in [0.25, 0.3) is 10.8 Å². The van der Waals surface area contributed by atoms with Crippen LogP contribution in [-0.4, -0.2) is 63.2 Å². The van der Waals surface area contributed by atoms with Gasteiger partial charge in [0.25, 0.3) is 0 Å². The lowest BCUT2D eigenvalue weighted by Crippen LogP contribution is -2.41. The minimum absolute atomic E-state index is 0.0849. The Labute approximate surface area is 177 Å². The molecular weight excluding hydrogens is 410 g/mol. The van der Waals surface area contributed by atoms with Gasteiger partial charge in [0.15, 0.2) is 6.10 Å². The van der Waals surface area contributed by atoms with Crippen molar-refractivity contribution in [2.75, 3.05) is 18.5 Å². The molecule has 0 spiro atoms. The molecule has 3 rings (SSSR count). The Hall–Kier alpha value is -3.31. The summed E-state index contributed by atoms with van der Waals surface area (Å²) in [6, 6.07) is 4.03. The number of amides is 2. The van der Waals surface area contributed by atoms with Gasteiger partial charge < -0.3 is 30.1 Å². The second-order valence-electron chi connectivity index (χ2n) is 7.22. The van der Waals surface area contributed by atoms with Crippen molar-refractivity contribution >= 4 is 34.2 Å². The average Bonchev–Trinajstić information content (AvgIpc) is 2.96. The molecule has 1 saturated heterocycles. The van der Waals surface area contributed by atoms with Crippen LogP contribution in [0.1, 0.15) is 32.7 Å². The van der Waals surface area contributed by atoms with Crippen LogP contribution in [0.5, 0.6) is 11.8 Å². The number of hydrogen-bond donors (Lipinski definition) is 5. The maximum absolute atomic E-state index is 12.2. The van der Waals surface area contributed by atoms with Crippen molar-refractivity contribution < 1.29 is 39.2 Å². The van der Waals surface area contributed by atoms with E-state index in [0.717, 1.165) is 4.57 Å². The van der Waals surface area contributed by atoms with Gasteiger partial charge in [-0.25, -0.2) is 4.79 Å². The van der Waals surface area contributed by atoms with Crippen LogP contribution in [0.3, 0.4) is 0 Å². The van der Waals surface area contributed by atoms with E-state index >= 15 is 0 Å². The number of aliphatic carboxylic acids is 1. The summed E-state index contributed by atoms with van der Waals surface area (Å²) in [4.78, 5) is 34.4. The highest BCUT2D eigenvalue weighted by Crippen LogP contribution is 2.44. The topological polar surface area (TPSA) is 159 Å². The summed E-state index contributed by atoms with van der Waals surface area (Å²) < 4.78 is 11.8. The highest BCUT2D eigenvalue weighted by atomic mass is 16.5. The number of hydrogen-bond acceptors (Lipinski definition) is 8.